The minimum Gasteiger partial charge on any atom is -0.349 e. The van der Waals surface area contributed by atoms with E-state index in [1.54, 1.807) is 12.1 Å². The third-order valence-corrected chi connectivity index (χ3v) is 5.34. The van der Waals surface area contributed by atoms with Crippen LogP contribution in [0.4, 0.5) is 0 Å². The van der Waals surface area contributed by atoms with Gasteiger partial charge in [-0.1, -0.05) is 47.5 Å². The van der Waals surface area contributed by atoms with E-state index < -0.39 is 0 Å². The normalized spacial score (nSPS) is 14.1. The number of nitrogens with one attached hydrogen (secondary N) is 1. The van der Waals surface area contributed by atoms with E-state index in [-0.39, 0.29) is 17.5 Å². The van der Waals surface area contributed by atoms with Gasteiger partial charge in [0.2, 0.25) is 0 Å². The van der Waals surface area contributed by atoms with Crippen LogP contribution in [-0.2, 0) is 11.3 Å². The SMILES string of the molecule is N#C/C(=C\c1cn(Cc2ccc(Cl)cc2Cl)c2ccccc12)C(=O)NC1CC1. The number of aromatic nitrogens is 1. The number of carbonyl (C=O) groups is 1. The molecule has 1 amide bonds. The van der Waals surface area contributed by atoms with Crippen LogP contribution in [-0.4, -0.2) is 16.5 Å². The quantitative estimate of drug-likeness (QED) is 0.465. The van der Waals surface area contributed by atoms with Gasteiger partial charge in [0.15, 0.2) is 0 Å². The van der Waals surface area contributed by atoms with Crippen molar-refractivity contribution >= 4 is 46.1 Å². The van der Waals surface area contributed by atoms with Gasteiger partial charge in [0, 0.05) is 45.3 Å². The Hall–Kier alpha value is -2.74. The summed E-state index contributed by atoms with van der Waals surface area (Å²) in [4.78, 5) is 12.3. The lowest BCUT2D eigenvalue weighted by atomic mass is 10.1. The third kappa shape index (κ3) is 3.91. The smallest absolute Gasteiger partial charge is 0.262 e. The Morgan fingerprint density at radius 1 is 1.25 bits per heavy atom. The highest BCUT2D eigenvalue weighted by Crippen LogP contribution is 2.27. The van der Waals surface area contributed by atoms with Crippen molar-refractivity contribution < 1.29 is 4.79 Å². The Morgan fingerprint density at radius 2 is 2.04 bits per heavy atom. The first-order chi connectivity index (χ1) is 13.5. The summed E-state index contributed by atoms with van der Waals surface area (Å²) < 4.78 is 2.06. The summed E-state index contributed by atoms with van der Waals surface area (Å²) in [6, 6.07) is 15.6. The average molecular weight is 410 g/mol. The van der Waals surface area contributed by atoms with Gasteiger partial charge in [0.05, 0.1) is 0 Å². The van der Waals surface area contributed by atoms with Gasteiger partial charge in [0.1, 0.15) is 11.6 Å². The van der Waals surface area contributed by atoms with E-state index in [1.807, 2.05) is 48.7 Å². The molecule has 0 unspecified atom stereocenters. The Bertz CT molecular complexity index is 1140. The second kappa shape index (κ2) is 7.71. The Balaban J connectivity index is 1.72. The Kier molecular flexibility index (Phi) is 5.13. The first-order valence-corrected chi connectivity index (χ1v) is 9.75. The van der Waals surface area contributed by atoms with Crippen molar-refractivity contribution in [2.75, 3.05) is 0 Å². The molecule has 1 fully saturated rings. The van der Waals surface area contributed by atoms with Gasteiger partial charge in [-0.2, -0.15) is 5.26 Å². The molecule has 4 rings (SSSR count). The van der Waals surface area contributed by atoms with E-state index in [0.29, 0.717) is 16.6 Å². The fraction of sp³-hybridized carbons (Fsp3) is 0.182. The van der Waals surface area contributed by atoms with E-state index >= 15 is 0 Å². The van der Waals surface area contributed by atoms with Crippen LogP contribution in [0.1, 0.15) is 24.0 Å². The molecular weight excluding hydrogens is 393 g/mol. The van der Waals surface area contributed by atoms with Gasteiger partial charge in [0.25, 0.3) is 5.91 Å². The van der Waals surface area contributed by atoms with E-state index in [9.17, 15) is 10.1 Å². The maximum atomic E-state index is 12.3. The molecule has 0 aliphatic heterocycles. The van der Waals surface area contributed by atoms with Crippen LogP contribution in [0.15, 0.2) is 54.2 Å². The van der Waals surface area contributed by atoms with Gasteiger partial charge < -0.3 is 9.88 Å². The molecule has 6 heteroatoms. The van der Waals surface area contributed by atoms with Crippen LogP contribution in [0.2, 0.25) is 10.0 Å². The maximum Gasteiger partial charge on any atom is 0.262 e. The average Bonchev–Trinajstić information content (AvgIpc) is 3.43. The van der Waals surface area contributed by atoms with Crippen LogP contribution >= 0.6 is 23.2 Å². The number of para-hydroxylation sites is 1. The molecule has 0 spiro atoms. The zero-order chi connectivity index (χ0) is 19.7. The fourth-order valence-corrected chi connectivity index (χ4v) is 3.62. The molecule has 1 aliphatic rings. The molecule has 28 heavy (non-hydrogen) atoms. The standard InChI is InChI=1S/C22H17Cl2N3O/c23-17-6-5-14(20(24)10-17)12-27-13-16(19-3-1-2-4-21(19)27)9-15(11-25)22(28)26-18-7-8-18/h1-6,9-10,13,18H,7-8,12H2,(H,26,28)/b15-9+. The number of fused-ring (bicyclic) bond motifs is 1. The summed E-state index contributed by atoms with van der Waals surface area (Å²) in [6.07, 6.45) is 5.55. The molecule has 0 bridgehead atoms. The van der Waals surface area contributed by atoms with Gasteiger partial charge in [-0.05, 0) is 42.7 Å². The molecular formula is C22H17Cl2N3O. The van der Waals surface area contributed by atoms with Crippen molar-refractivity contribution in [2.45, 2.75) is 25.4 Å². The van der Waals surface area contributed by atoms with Gasteiger partial charge in [-0.3, -0.25) is 4.79 Å². The van der Waals surface area contributed by atoms with Crippen molar-refractivity contribution in [2.24, 2.45) is 0 Å². The largest absolute Gasteiger partial charge is 0.349 e. The summed E-state index contributed by atoms with van der Waals surface area (Å²) >= 11 is 12.3. The fourth-order valence-electron chi connectivity index (χ4n) is 3.15. The van der Waals surface area contributed by atoms with E-state index in [4.69, 9.17) is 23.2 Å². The van der Waals surface area contributed by atoms with Crippen LogP contribution in [0.3, 0.4) is 0 Å². The lowest BCUT2D eigenvalue weighted by molar-refractivity contribution is -0.117. The highest BCUT2D eigenvalue weighted by Gasteiger charge is 2.25. The summed E-state index contributed by atoms with van der Waals surface area (Å²) in [5.74, 6) is -0.317. The number of halogens is 2. The van der Waals surface area contributed by atoms with E-state index in [2.05, 4.69) is 9.88 Å². The molecule has 1 aromatic heterocycles. The lowest BCUT2D eigenvalue weighted by Crippen LogP contribution is -2.26. The molecule has 1 saturated carbocycles. The first-order valence-electron chi connectivity index (χ1n) is 8.99. The van der Waals surface area contributed by atoms with E-state index in [0.717, 1.165) is 34.9 Å². The van der Waals surface area contributed by atoms with Crippen molar-refractivity contribution in [1.29, 1.82) is 5.26 Å². The number of amides is 1. The summed E-state index contributed by atoms with van der Waals surface area (Å²) in [7, 11) is 0. The Labute approximate surface area is 173 Å². The molecule has 2 aromatic carbocycles. The second-order valence-corrected chi connectivity index (χ2v) is 7.73. The summed E-state index contributed by atoms with van der Waals surface area (Å²) in [5, 5.41) is 14.5. The van der Waals surface area contributed by atoms with Gasteiger partial charge in [-0.25, -0.2) is 0 Å². The predicted molar refractivity (Wildman–Crippen MR) is 112 cm³/mol. The molecule has 0 saturated heterocycles. The van der Waals surface area contributed by atoms with Crippen molar-refractivity contribution in [3.63, 3.8) is 0 Å². The topological polar surface area (TPSA) is 57.8 Å². The number of hydrogen-bond donors (Lipinski definition) is 1. The van der Waals surface area contributed by atoms with Crippen LogP contribution in [0.5, 0.6) is 0 Å². The number of rotatable bonds is 5. The second-order valence-electron chi connectivity index (χ2n) is 6.88. The zero-order valence-corrected chi connectivity index (χ0v) is 16.5. The number of hydrogen-bond acceptors (Lipinski definition) is 2. The highest BCUT2D eigenvalue weighted by molar-refractivity contribution is 6.35. The number of benzene rings is 2. The molecule has 0 radical (unpaired) electrons. The molecule has 4 nitrogen and oxygen atoms in total. The Morgan fingerprint density at radius 3 is 2.75 bits per heavy atom. The monoisotopic (exact) mass is 409 g/mol. The molecule has 1 heterocycles. The van der Waals surface area contributed by atoms with Crippen molar-refractivity contribution in [3.8, 4) is 6.07 Å². The zero-order valence-electron chi connectivity index (χ0n) is 15.0. The van der Waals surface area contributed by atoms with Crippen LogP contribution in [0, 0.1) is 11.3 Å². The van der Waals surface area contributed by atoms with Gasteiger partial charge >= 0.3 is 0 Å². The number of nitriles is 1. The minimum atomic E-state index is -0.317. The molecule has 140 valence electrons. The molecule has 1 aliphatic carbocycles. The predicted octanol–water partition coefficient (Wildman–Crippen LogP) is 5.18. The summed E-state index contributed by atoms with van der Waals surface area (Å²) in [5.41, 5.74) is 2.87. The number of carbonyl (C=O) groups excluding carboxylic acids is 1. The van der Waals surface area contributed by atoms with Crippen LogP contribution < -0.4 is 5.32 Å². The highest BCUT2D eigenvalue weighted by atomic mass is 35.5. The maximum absolute atomic E-state index is 12.3. The number of nitrogens with zero attached hydrogens (tertiary/aromatic N) is 2. The molecule has 1 N–H and O–H groups in total. The molecule has 3 aromatic rings. The van der Waals surface area contributed by atoms with Gasteiger partial charge in [-0.15, -0.1) is 0 Å². The van der Waals surface area contributed by atoms with Crippen molar-refractivity contribution in [1.82, 2.24) is 9.88 Å². The molecule has 0 atom stereocenters. The summed E-state index contributed by atoms with van der Waals surface area (Å²) in [6.45, 7) is 0.556. The minimum absolute atomic E-state index is 0.110. The van der Waals surface area contributed by atoms with Crippen LogP contribution in [0.25, 0.3) is 17.0 Å². The van der Waals surface area contributed by atoms with Crippen molar-refractivity contribution in [3.05, 3.63) is 75.4 Å². The third-order valence-electron chi connectivity index (χ3n) is 4.75. The van der Waals surface area contributed by atoms with E-state index in [1.165, 1.54) is 0 Å². The first kappa shape index (κ1) is 18.6. The lowest BCUT2D eigenvalue weighted by Gasteiger charge is -2.08.